The van der Waals surface area contributed by atoms with Crippen molar-refractivity contribution in [3.05, 3.63) is 35.5 Å². The number of anilines is 1. The zero-order valence-electron chi connectivity index (χ0n) is 22.2. The molecule has 0 radical (unpaired) electrons. The fourth-order valence-electron chi connectivity index (χ4n) is 5.62. The third-order valence-corrected chi connectivity index (χ3v) is 10.00. The summed E-state index contributed by atoms with van der Waals surface area (Å²) in [6, 6.07) is 0. The number of epoxide rings is 1. The molecule has 1 spiro atoms. The maximum absolute atomic E-state index is 13.8. The zero-order chi connectivity index (χ0) is 29.9. The predicted octanol–water partition coefficient (Wildman–Crippen LogP) is -0.156. The van der Waals surface area contributed by atoms with Crippen LogP contribution < -0.4 is 11.3 Å². The summed E-state index contributed by atoms with van der Waals surface area (Å²) in [5, 5.41) is 17.2. The Morgan fingerprint density at radius 2 is 1.84 bits per heavy atom. The Kier molecular flexibility index (Phi) is 5.85. The van der Waals surface area contributed by atoms with Crippen molar-refractivity contribution in [2.24, 2.45) is 0 Å². The van der Waals surface area contributed by atoms with Gasteiger partial charge >= 0.3 is 15.2 Å². The molecule has 4 aromatic heterocycles. The summed E-state index contributed by atoms with van der Waals surface area (Å²) in [6.07, 6.45) is -3.39. The van der Waals surface area contributed by atoms with Crippen molar-refractivity contribution in [2.45, 2.75) is 48.9 Å². The summed E-state index contributed by atoms with van der Waals surface area (Å²) in [6.45, 7) is 1.99. The molecule has 0 aliphatic carbocycles. The number of aromatic nitrogens is 8. The molecule has 8 heterocycles. The fourth-order valence-corrected chi connectivity index (χ4v) is 8.14. The van der Waals surface area contributed by atoms with Gasteiger partial charge in [-0.1, -0.05) is 0 Å². The number of nitrogens with one attached hydrogen (secondary N) is 1. The Hall–Kier alpha value is -3.16. The normalized spacial score (nSPS) is 41.0. The quantitative estimate of drug-likeness (QED) is 0.190. The Balaban J connectivity index is 1.13. The van der Waals surface area contributed by atoms with E-state index in [0.29, 0.717) is 11.2 Å². The van der Waals surface area contributed by atoms with E-state index >= 15 is 0 Å². The molecule has 8 rings (SSSR count). The zero-order valence-corrected chi connectivity index (χ0v) is 24.0. The third-order valence-electron chi connectivity index (χ3n) is 7.54. The second-order valence-corrected chi connectivity index (χ2v) is 14.4. The highest BCUT2D eigenvalue weighted by atomic mass is 31.2. The molecule has 4 aliphatic rings. The molecule has 43 heavy (non-hydrogen) atoms. The summed E-state index contributed by atoms with van der Waals surface area (Å²) in [7, 11) is -8.08. The molecule has 20 nitrogen and oxygen atoms in total. The van der Waals surface area contributed by atoms with Crippen LogP contribution in [0.2, 0.25) is 0 Å². The van der Waals surface area contributed by atoms with Gasteiger partial charge in [0.25, 0.3) is 5.56 Å². The lowest BCUT2D eigenvalue weighted by molar-refractivity contribution is -0.155. The number of nitrogen functional groups attached to an aromatic ring is 1. The van der Waals surface area contributed by atoms with Gasteiger partial charge in [0.05, 0.1) is 31.0 Å². The lowest BCUT2D eigenvalue weighted by Gasteiger charge is -2.29. The van der Waals surface area contributed by atoms with Crippen LogP contribution in [0.15, 0.2) is 30.0 Å². The maximum Gasteiger partial charge on any atom is 0.332 e. The average molecular weight is 639 g/mol. The van der Waals surface area contributed by atoms with Gasteiger partial charge in [-0.25, -0.2) is 25.0 Å². The molecule has 0 saturated carbocycles. The molecule has 10 atom stereocenters. The molecular weight excluding hydrogens is 616 g/mol. The highest BCUT2D eigenvalue weighted by Gasteiger charge is 2.76. The largest absolute Gasteiger partial charge is 0.385 e. The van der Waals surface area contributed by atoms with Gasteiger partial charge in [-0.05, 0) is 0 Å². The van der Waals surface area contributed by atoms with E-state index in [9.17, 15) is 19.0 Å². The van der Waals surface area contributed by atoms with E-state index in [0.717, 1.165) is 0 Å². The number of ether oxygens (including phenoxy) is 3. The van der Waals surface area contributed by atoms with Crippen LogP contribution in [0.3, 0.4) is 0 Å². The van der Waals surface area contributed by atoms with Crippen molar-refractivity contribution in [3.63, 3.8) is 0 Å². The summed E-state index contributed by atoms with van der Waals surface area (Å²) < 4.78 is 71.5. The number of H-pyrrole nitrogens is 1. The van der Waals surface area contributed by atoms with E-state index in [1.54, 1.807) is 4.57 Å². The van der Waals surface area contributed by atoms with Crippen molar-refractivity contribution in [3.8, 4) is 0 Å². The third kappa shape index (κ3) is 4.21. The Labute approximate surface area is 239 Å². The standard InChI is InChI=1S/C21H23N9O11P2/c1-42(33)35-4-9-21(14(38-21)19(36-9)30-7-26-11-15(22)23-5-24-16(11)30)41-43(2,34)40-20-12(31)13(39-42)18(37-20)29-6-25-10-8(29)3-27-28-17(10)32/h3,5-7,9,12-14,18-20,31H,4H2,1-2H3,(H,28,32)(H2,22,23,24)/t9-,12+,13-,14+,18?,19-,20-,21+,42?,43?/m1/s1. The Bertz CT molecular complexity index is 1930. The van der Waals surface area contributed by atoms with Crippen molar-refractivity contribution in [1.29, 1.82) is 0 Å². The molecule has 4 aliphatic heterocycles. The van der Waals surface area contributed by atoms with E-state index in [1.807, 2.05) is 0 Å². The monoisotopic (exact) mass is 639 g/mol. The molecule has 4 saturated heterocycles. The summed E-state index contributed by atoms with van der Waals surface area (Å²) >= 11 is 0. The van der Waals surface area contributed by atoms with Gasteiger partial charge in [-0.3, -0.25) is 36.6 Å². The van der Waals surface area contributed by atoms with E-state index in [1.165, 1.54) is 43.1 Å². The number of hydrogen-bond acceptors (Lipinski definition) is 17. The van der Waals surface area contributed by atoms with Gasteiger partial charge in [0, 0.05) is 13.3 Å². The Morgan fingerprint density at radius 1 is 1.05 bits per heavy atom. The maximum atomic E-state index is 13.8. The van der Waals surface area contributed by atoms with Crippen molar-refractivity contribution in [2.75, 3.05) is 25.7 Å². The smallest absolute Gasteiger partial charge is 0.332 e. The number of aliphatic hydroxyl groups excluding tert-OH is 1. The summed E-state index contributed by atoms with van der Waals surface area (Å²) in [5.74, 6) is -1.49. The number of aromatic amines is 1. The van der Waals surface area contributed by atoms with Crippen molar-refractivity contribution < 1.29 is 46.5 Å². The minimum absolute atomic E-state index is 0.0323. The number of aliphatic hydroxyl groups is 1. The fraction of sp³-hybridized carbons (Fsp3) is 0.524. The molecule has 22 heteroatoms. The van der Waals surface area contributed by atoms with Crippen LogP contribution in [0.1, 0.15) is 12.5 Å². The second-order valence-electron chi connectivity index (χ2n) is 10.4. The van der Waals surface area contributed by atoms with E-state index in [4.69, 9.17) is 38.0 Å². The first-order chi connectivity index (χ1) is 20.5. The summed E-state index contributed by atoms with van der Waals surface area (Å²) in [4.78, 5) is 28.7. The number of imidazole rings is 2. The van der Waals surface area contributed by atoms with Crippen LogP contribution in [-0.2, 0) is 41.4 Å². The lowest BCUT2D eigenvalue weighted by Crippen LogP contribution is -2.38. The number of hydrogen-bond donors (Lipinski definition) is 3. The Morgan fingerprint density at radius 3 is 2.67 bits per heavy atom. The summed E-state index contributed by atoms with van der Waals surface area (Å²) in [5.41, 5.74) is 6.30. The van der Waals surface area contributed by atoms with E-state index in [2.05, 4.69) is 30.1 Å². The van der Waals surface area contributed by atoms with Gasteiger partial charge < -0.3 is 29.6 Å². The molecule has 0 amide bonds. The van der Waals surface area contributed by atoms with Crippen LogP contribution in [0.25, 0.3) is 22.2 Å². The molecule has 4 fully saturated rings. The molecule has 3 unspecified atom stereocenters. The SMILES string of the molecule is CP1(=O)OC[C@H]2O[C@@H](n3cnc4c(N)ncnc43)[C@@H]3O[C@]23OP(C)(=O)O[C@H]2OC(n3cnc4c(=O)[nH]ncc43)[C@H](O1)[C@@H]2O. The first-order valence-electron chi connectivity index (χ1n) is 12.8. The highest BCUT2D eigenvalue weighted by Crippen LogP contribution is 2.65. The minimum atomic E-state index is -4.10. The topological polar surface area (TPSA) is 255 Å². The molecule has 228 valence electrons. The predicted molar refractivity (Wildman–Crippen MR) is 139 cm³/mol. The second kappa shape index (κ2) is 9.18. The first-order valence-corrected chi connectivity index (χ1v) is 16.8. The van der Waals surface area contributed by atoms with Gasteiger partial charge in [-0.2, -0.15) is 5.10 Å². The van der Waals surface area contributed by atoms with Crippen LogP contribution >= 0.6 is 15.2 Å². The van der Waals surface area contributed by atoms with E-state index < -0.39 is 76.3 Å². The minimum Gasteiger partial charge on any atom is -0.385 e. The van der Waals surface area contributed by atoms with Gasteiger partial charge in [0.15, 0.2) is 41.8 Å². The van der Waals surface area contributed by atoms with Gasteiger partial charge in [-0.15, -0.1) is 0 Å². The highest BCUT2D eigenvalue weighted by molar-refractivity contribution is 7.53. The molecule has 2 bridgehead atoms. The van der Waals surface area contributed by atoms with Crippen molar-refractivity contribution >= 4 is 43.2 Å². The number of nitrogens with zero attached hydrogens (tertiary/aromatic N) is 7. The lowest BCUT2D eigenvalue weighted by atomic mass is 10.2. The van der Waals surface area contributed by atoms with Crippen LogP contribution in [-0.4, -0.2) is 101 Å². The van der Waals surface area contributed by atoms with Gasteiger partial charge in [0.1, 0.15) is 30.2 Å². The molecule has 4 N–H and O–H groups in total. The molecule has 0 aromatic carbocycles. The van der Waals surface area contributed by atoms with Crippen molar-refractivity contribution in [1.82, 2.24) is 39.3 Å². The average Bonchev–Trinajstić information content (AvgIpc) is 3.30. The van der Waals surface area contributed by atoms with Gasteiger partial charge in [0.2, 0.25) is 5.79 Å². The molecule has 4 aromatic rings. The van der Waals surface area contributed by atoms with E-state index in [-0.39, 0.29) is 16.9 Å². The number of rotatable bonds is 2. The first kappa shape index (κ1) is 27.4. The number of nitrogens with two attached hydrogens (primary N) is 1. The van der Waals surface area contributed by atoms with Crippen LogP contribution in [0, 0.1) is 0 Å². The van der Waals surface area contributed by atoms with Crippen LogP contribution in [0.4, 0.5) is 5.82 Å². The number of fused-ring (bicyclic) bond motifs is 4. The molecular formula is C21H23N9O11P2. The van der Waals surface area contributed by atoms with Crippen LogP contribution in [0.5, 0.6) is 0 Å².